The summed E-state index contributed by atoms with van der Waals surface area (Å²) in [5.41, 5.74) is -3.35. The maximum atomic E-state index is 14.1. The van der Waals surface area contributed by atoms with E-state index >= 15 is 0 Å². The van der Waals surface area contributed by atoms with Gasteiger partial charge in [0.2, 0.25) is 11.2 Å². The van der Waals surface area contributed by atoms with E-state index in [4.69, 9.17) is 63.7 Å². The Labute approximate surface area is 450 Å². The third kappa shape index (κ3) is 14.1. The third-order valence-corrected chi connectivity index (χ3v) is 12.8. The van der Waals surface area contributed by atoms with Gasteiger partial charge in [-0.25, -0.2) is 0 Å². The molecule has 0 bridgehead atoms. The number of benzene rings is 6. The fourth-order valence-corrected chi connectivity index (χ4v) is 9.64. The number of carbonyl (C=O) groups is 2. The SMILES string of the molecule is C.Nc1c(Br)cc(C(O)(c2cc(Cl)cc(Cl)c2)C(F)(F)F)cc1Br.O=C(Cl)c1cccc([N+](=O)[O-])c1.O=C(Nc1c(Br)cc(C(O)(c2cc(Cl)cc(Cl)c2)C(F)(F)F)cc1Br)c1cccc([N+](=O)[O-])c1. The van der Waals surface area contributed by atoms with Crippen LogP contribution in [0.5, 0.6) is 0 Å². The molecular weight excluding hydrogens is 1310 g/mol. The molecule has 0 radical (unpaired) electrons. The molecule has 2 unspecified atom stereocenters. The first-order valence-corrected chi connectivity index (χ1v) is 23.1. The first-order valence-electron chi connectivity index (χ1n) is 18.1. The largest absolute Gasteiger partial charge is 0.425 e. The van der Waals surface area contributed by atoms with Gasteiger partial charge in [0, 0.05) is 84.5 Å². The number of nitrogens with two attached hydrogens (primary N) is 1. The topological polar surface area (TPSA) is 199 Å². The molecule has 0 aliphatic carbocycles. The van der Waals surface area contributed by atoms with Gasteiger partial charge in [-0.1, -0.05) is 66.0 Å². The molecule has 1 amide bonds. The van der Waals surface area contributed by atoms with Gasteiger partial charge in [0.25, 0.3) is 22.5 Å². The maximum absolute atomic E-state index is 14.1. The number of nitro groups is 2. The van der Waals surface area contributed by atoms with Crippen LogP contribution in [0.2, 0.25) is 20.1 Å². The monoisotopic (exact) mass is 1330 g/mol. The van der Waals surface area contributed by atoms with Gasteiger partial charge >= 0.3 is 12.4 Å². The van der Waals surface area contributed by atoms with Crippen LogP contribution in [0.25, 0.3) is 0 Å². The Kier molecular flexibility index (Phi) is 20.7. The van der Waals surface area contributed by atoms with Crippen molar-refractivity contribution in [2.45, 2.75) is 31.0 Å². The molecule has 0 spiro atoms. The Morgan fingerprint density at radius 3 is 1.20 bits per heavy atom. The third-order valence-electron chi connectivity index (χ3n) is 9.18. The van der Waals surface area contributed by atoms with Gasteiger partial charge in [0.1, 0.15) is 0 Å². The van der Waals surface area contributed by atoms with Crippen LogP contribution in [0.1, 0.15) is 50.4 Å². The van der Waals surface area contributed by atoms with Gasteiger partial charge in [-0.05, 0) is 159 Å². The van der Waals surface area contributed by atoms with E-state index in [-0.39, 0.29) is 79.3 Å². The number of rotatable bonds is 9. The Bertz CT molecular complexity index is 2880. The predicted molar refractivity (Wildman–Crippen MR) is 270 cm³/mol. The minimum absolute atomic E-state index is 0. The molecule has 6 aromatic rings. The lowest BCUT2D eigenvalue weighted by Crippen LogP contribution is -2.43. The minimum Gasteiger partial charge on any atom is -0.397 e. The highest BCUT2D eigenvalue weighted by Crippen LogP contribution is 2.49. The lowest BCUT2D eigenvalue weighted by atomic mass is 9.85. The number of hydrogen-bond acceptors (Lipinski definition) is 9. The van der Waals surface area contributed by atoms with Gasteiger partial charge in [0.15, 0.2) is 0 Å². The second kappa shape index (κ2) is 24.1. The number of nitrogens with zero attached hydrogens (tertiary/aromatic N) is 2. The van der Waals surface area contributed by atoms with Crippen molar-refractivity contribution in [2.75, 3.05) is 11.1 Å². The summed E-state index contributed by atoms with van der Waals surface area (Å²) in [6.07, 6.45) is -10.2. The van der Waals surface area contributed by atoms with Crippen molar-refractivity contribution in [2.24, 2.45) is 0 Å². The molecule has 0 aliphatic heterocycles. The normalized spacial score (nSPS) is 12.9. The van der Waals surface area contributed by atoms with Crippen LogP contribution in [0.15, 0.2) is 127 Å². The second-order valence-corrected chi connectivity index (χ2v) is 19.3. The summed E-state index contributed by atoms with van der Waals surface area (Å²) in [4.78, 5) is 43.1. The van der Waals surface area contributed by atoms with E-state index in [1.54, 1.807) is 0 Å². The lowest BCUT2D eigenvalue weighted by molar-refractivity contribution is -0.385. The van der Waals surface area contributed by atoms with E-state index in [1.165, 1.54) is 48.5 Å². The van der Waals surface area contributed by atoms with Crippen molar-refractivity contribution in [1.29, 1.82) is 0 Å². The van der Waals surface area contributed by atoms with Crippen molar-refractivity contribution in [3.63, 3.8) is 0 Å². The molecule has 0 aromatic heterocycles. The summed E-state index contributed by atoms with van der Waals surface area (Å²) < 4.78 is 84.0. The van der Waals surface area contributed by atoms with Gasteiger partial charge < -0.3 is 21.3 Å². The number of hydrogen-bond donors (Lipinski definition) is 4. The van der Waals surface area contributed by atoms with Crippen LogP contribution in [-0.2, 0) is 11.2 Å². The van der Waals surface area contributed by atoms with Crippen LogP contribution in [-0.4, -0.2) is 43.6 Å². The molecule has 2 atom stereocenters. The number of nitrogen functional groups attached to an aromatic ring is 1. The van der Waals surface area contributed by atoms with E-state index in [2.05, 4.69) is 69.0 Å². The zero-order valence-corrected chi connectivity index (χ0v) is 43.5. The highest BCUT2D eigenvalue weighted by atomic mass is 79.9. The van der Waals surface area contributed by atoms with Gasteiger partial charge in [-0.2, -0.15) is 26.3 Å². The second-order valence-electron chi connectivity index (χ2n) is 13.7. The molecular formula is C43H27Br4Cl5F6N4O8. The van der Waals surface area contributed by atoms with E-state index < -0.39 is 66.8 Å². The Morgan fingerprint density at radius 1 is 0.557 bits per heavy atom. The Morgan fingerprint density at radius 2 is 0.871 bits per heavy atom. The first-order chi connectivity index (χ1) is 31.8. The number of nitro benzene ring substituents is 2. The van der Waals surface area contributed by atoms with Crippen LogP contribution < -0.4 is 11.1 Å². The summed E-state index contributed by atoms with van der Waals surface area (Å²) >= 11 is 40.8. The molecule has 5 N–H and O–H groups in total. The first kappa shape index (κ1) is 60.2. The molecule has 0 fully saturated rings. The van der Waals surface area contributed by atoms with E-state index in [0.29, 0.717) is 0 Å². The summed E-state index contributed by atoms with van der Waals surface area (Å²) in [6, 6.07) is 20.8. The van der Waals surface area contributed by atoms with Gasteiger partial charge in [-0.15, -0.1) is 0 Å². The molecule has 0 saturated carbocycles. The van der Waals surface area contributed by atoms with E-state index in [9.17, 15) is 66.4 Å². The zero-order valence-electron chi connectivity index (χ0n) is 33.4. The number of halogens is 15. The molecule has 6 rings (SSSR count). The summed E-state index contributed by atoms with van der Waals surface area (Å²) in [6.45, 7) is 0. The van der Waals surface area contributed by atoms with Crippen molar-refractivity contribution >= 4 is 156 Å². The number of amides is 1. The van der Waals surface area contributed by atoms with Gasteiger partial charge in [0.05, 0.1) is 21.2 Å². The fraction of sp³-hybridized carbons (Fsp3) is 0.116. The summed E-state index contributed by atoms with van der Waals surface area (Å²) in [7, 11) is 0. The molecule has 0 aliphatic rings. The van der Waals surface area contributed by atoms with Crippen LogP contribution in [0.3, 0.4) is 0 Å². The molecule has 70 heavy (non-hydrogen) atoms. The summed E-state index contributed by atoms with van der Waals surface area (Å²) in [5.74, 6) is -0.745. The van der Waals surface area contributed by atoms with Crippen molar-refractivity contribution < 1.29 is 56.0 Å². The number of alkyl halides is 6. The number of nitrogens with one attached hydrogen (secondary N) is 1. The number of carbonyl (C=O) groups excluding carboxylic acids is 2. The molecule has 0 heterocycles. The van der Waals surface area contributed by atoms with Crippen molar-refractivity contribution in [1.82, 2.24) is 0 Å². The molecule has 372 valence electrons. The van der Waals surface area contributed by atoms with Crippen molar-refractivity contribution in [3.05, 3.63) is 201 Å². The number of anilines is 2. The highest BCUT2D eigenvalue weighted by molar-refractivity contribution is 9.11. The highest BCUT2D eigenvalue weighted by Gasteiger charge is 2.58. The fourth-order valence-electron chi connectivity index (χ4n) is 5.90. The van der Waals surface area contributed by atoms with E-state index in [0.717, 1.165) is 60.7 Å². The molecule has 0 saturated heterocycles. The average Bonchev–Trinajstić information content (AvgIpc) is 3.24. The Hall–Kier alpha value is -4.07. The van der Waals surface area contributed by atoms with Crippen LogP contribution in [0.4, 0.5) is 49.1 Å². The van der Waals surface area contributed by atoms with Crippen LogP contribution >= 0.6 is 122 Å². The van der Waals surface area contributed by atoms with Crippen LogP contribution in [0, 0.1) is 20.2 Å². The summed E-state index contributed by atoms with van der Waals surface area (Å²) in [5, 5.41) is 44.1. The quantitative estimate of drug-likeness (QED) is 0.0358. The van der Waals surface area contributed by atoms with E-state index in [1.807, 2.05) is 0 Å². The average molecular weight is 1340 g/mol. The van der Waals surface area contributed by atoms with Crippen molar-refractivity contribution in [3.8, 4) is 0 Å². The number of non-ortho nitro benzene ring substituents is 2. The Balaban J connectivity index is 0.000000309. The minimum atomic E-state index is -5.17. The smallest absolute Gasteiger partial charge is 0.397 e. The number of aliphatic hydroxyl groups is 2. The maximum Gasteiger partial charge on any atom is 0.425 e. The van der Waals surface area contributed by atoms with Gasteiger partial charge in [-0.3, -0.25) is 29.8 Å². The molecule has 6 aromatic carbocycles. The standard InChI is InChI=1S/C21H11Br2Cl2F3N2O4.C14H8Br2Cl2F3NO.C7H4ClNO3.CH4/c22-16-7-12(20(32,21(26,27)28)11-5-13(24)9-14(25)6-11)8-17(23)18(16)29-19(31)10-2-1-3-15(4-10)30(33)34;15-10-3-7(4-11(16)12(10)22)13(23,14(19,20)21)6-1-8(17)5-9(18)2-6;8-7(10)5-2-1-3-6(4-5)9(11)12;/h1-9,32H,(H,29,31);1-5,23H,22H2;1-4H;1H4. The molecule has 27 heteroatoms. The predicted octanol–water partition coefficient (Wildman–Crippen LogP) is 16.0. The zero-order chi connectivity index (χ0) is 52.1. The molecule has 12 nitrogen and oxygen atoms in total. The lowest BCUT2D eigenvalue weighted by Gasteiger charge is -2.32.